The molecule has 5 heteroatoms. The van der Waals surface area contributed by atoms with Gasteiger partial charge in [0.05, 0.1) is 5.92 Å². The van der Waals surface area contributed by atoms with Gasteiger partial charge in [0, 0.05) is 17.3 Å². The molecular formula is C14H18N2O3. The third-order valence-corrected chi connectivity index (χ3v) is 3.64. The average molecular weight is 262 g/mol. The summed E-state index contributed by atoms with van der Waals surface area (Å²) in [4.78, 5) is 22.0. The monoisotopic (exact) mass is 262 g/mol. The van der Waals surface area contributed by atoms with E-state index in [0.717, 1.165) is 17.7 Å². The minimum Gasteiger partial charge on any atom is -0.481 e. The molecule has 1 aromatic carbocycles. The lowest BCUT2D eigenvalue weighted by Gasteiger charge is -2.15. The zero-order valence-corrected chi connectivity index (χ0v) is 10.8. The van der Waals surface area contributed by atoms with Gasteiger partial charge in [-0.15, -0.1) is 0 Å². The summed E-state index contributed by atoms with van der Waals surface area (Å²) < 4.78 is 0. The lowest BCUT2D eigenvalue weighted by atomic mass is 10.1. The van der Waals surface area contributed by atoms with Crippen molar-refractivity contribution in [2.45, 2.75) is 32.2 Å². The van der Waals surface area contributed by atoms with Crippen LogP contribution in [-0.4, -0.2) is 23.0 Å². The molecule has 1 amide bonds. The second-order valence-electron chi connectivity index (χ2n) is 5.08. The molecule has 1 aliphatic rings. The first kappa shape index (κ1) is 13.4. The largest absolute Gasteiger partial charge is 0.481 e. The third-order valence-electron chi connectivity index (χ3n) is 3.64. The average Bonchev–Trinajstić information content (AvgIpc) is 2.77. The standard InChI is InChI=1S/C14H18N2O3/c1-8-6-10(4-5-12(8)13(15)17)16-11-3-2-9(7-11)14(18)19/h4-6,9,11,16H,2-3,7H2,1H3,(H2,15,17)(H,18,19). The van der Waals surface area contributed by atoms with E-state index in [0.29, 0.717) is 18.4 Å². The first-order valence-electron chi connectivity index (χ1n) is 6.37. The first-order chi connectivity index (χ1) is 8.97. The Morgan fingerprint density at radius 3 is 2.63 bits per heavy atom. The highest BCUT2D eigenvalue weighted by Gasteiger charge is 2.29. The number of hydrogen-bond acceptors (Lipinski definition) is 3. The number of nitrogens with two attached hydrogens (primary N) is 1. The molecule has 1 aromatic rings. The van der Waals surface area contributed by atoms with Crippen molar-refractivity contribution in [3.05, 3.63) is 29.3 Å². The predicted molar refractivity (Wildman–Crippen MR) is 72.1 cm³/mol. The highest BCUT2D eigenvalue weighted by atomic mass is 16.4. The quantitative estimate of drug-likeness (QED) is 0.770. The summed E-state index contributed by atoms with van der Waals surface area (Å²) in [5.41, 5.74) is 7.50. The molecule has 0 spiro atoms. The van der Waals surface area contributed by atoms with Crippen molar-refractivity contribution in [2.75, 3.05) is 5.32 Å². The molecule has 1 fully saturated rings. The maximum absolute atomic E-state index is 11.1. The van der Waals surface area contributed by atoms with Gasteiger partial charge in [-0.05, 0) is 49.9 Å². The van der Waals surface area contributed by atoms with E-state index in [-0.39, 0.29) is 12.0 Å². The molecule has 0 heterocycles. The number of nitrogens with one attached hydrogen (secondary N) is 1. The van der Waals surface area contributed by atoms with Crippen LogP contribution in [0.3, 0.4) is 0 Å². The van der Waals surface area contributed by atoms with Gasteiger partial charge in [-0.2, -0.15) is 0 Å². The number of aliphatic carboxylic acids is 1. The number of hydrogen-bond donors (Lipinski definition) is 3. The van der Waals surface area contributed by atoms with E-state index in [1.807, 2.05) is 13.0 Å². The molecule has 0 radical (unpaired) electrons. The highest BCUT2D eigenvalue weighted by molar-refractivity contribution is 5.94. The zero-order valence-electron chi connectivity index (χ0n) is 10.8. The van der Waals surface area contributed by atoms with Gasteiger partial charge in [0.25, 0.3) is 0 Å². The molecule has 1 aliphatic carbocycles. The van der Waals surface area contributed by atoms with Crippen molar-refractivity contribution in [1.82, 2.24) is 0 Å². The number of aryl methyl sites for hydroxylation is 1. The Kier molecular flexibility index (Phi) is 3.74. The van der Waals surface area contributed by atoms with Crippen molar-refractivity contribution >= 4 is 17.6 Å². The van der Waals surface area contributed by atoms with Gasteiger partial charge in [0.2, 0.25) is 5.91 Å². The number of carboxylic acids is 1. The Labute approximate surface area is 111 Å². The normalized spacial score (nSPS) is 22.2. The van der Waals surface area contributed by atoms with Crippen LogP contribution in [0.4, 0.5) is 5.69 Å². The summed E-state index contributed by atoms with van der Waals surface area (Å²) in [6, 6.07) is 5.55. The van der Waals surface area contributed by atoms with E-state index < -0.39 is 11.9 Å². The number of anilines is 1. The van der Waals surface area contributed by atoms with E-state index in [9.17, 15) is 9.59 Å². The summed E-state index contributed by atoms with van der Waals surface area (Å²) in [6.45, 7) is 1.83. The Bertz CT molecular complexity index is 513. The molecule has 1 saturated carbocycles. The Hall–Kier alpha value is -2.04. The van der Waals surface area contributed by atoms with Crippen LogP contribution in [0.5, 0.6) is 0 Å². The molecule has 0 bridgehead atoms. The number of primary amides is 1. The lowest BCUT2D eigenvalue weighted by molar-refractivity contribution is -0.141. The number of rotatable bonds is 4. The molecule has 19 heavy (non-hydrogen) atoms. The fourth-order valence-electron chi connectivity index (χ4n) is 2.60. The van der Waals surface area contributed by atoms with Gasteiger partial charge < -0.3 is 16.2 Å². The minimum atomic E-state index is -0.718. The van der Waals surface area contributed by atoms with Crippen molar-refractivity contribution < 1.29 is 14.7 Å². The van der Waals surface area contributed by atoms with Gasteiger partial charge in [0.1, 0.15) is 0 Å². The molecule has 102 valence electrons. The molecular weight excluding hydrogens is 244 g/mol. The van der Waals surface area contributed by atoms with Crippen LogP contribution in [0.1, 0.15) is 35.2 Å². The molecule has 4 N–H and O–H groups in total. The Balaban J connectivity index is 2.03. The van der Waals surface area contributed by atoms with Crippen LogP contribution in [0.15, 0.2) is 18.2 Å². The molecule has 0 aliphatic heterocycles. The molecule has 0 aromatic heterocycles. The first-order valence-corrected chi connectivity index (χ1v) is 6.37. The molecule has 0 saturated heterocycles. The van der Waals surface area contributed by atoms with Crippen molar-refractivity contribution in [1.29, 1.82) is 0 Å². The highest BCUT2D eigenvalue weighted by Crippen LogP contribution is 2.28. The lowest BCUT2D eigenvalue weighted by Crippen LogP contribution is -2.18. The predicted octanol–water partition coefficient (Wildman–Crippen LogP) is 1.76. The summed E-state index contributed by atoms with van der Waals surface area (Å²) in [7, 11) is 0. The number of benzene rings is 1. The topological polar surface area (TPSA) is 92.4 Å². The van der Waals surface area contributed by atoms with Gasteiger partial charge in [0.15, 0.2) is 0 Å². The number of carbonyl (C=O) groups excluding carboxylic acids is 1. The van der Waals surface area contributed by atoms with Crippen molar-refractivity contribution in [3.63, 3.8) is 0 Å². The maximum Gasteiger partial charge on any atom is 0.306 e. The van der Waals surface area contributed by atoms with Crippen molar-refractivity contribution in [3.8, 4) is 0 Å². The van der Waals surface area contributed by atoms with Crippen LogP contribution >= 0.6 is 0 Å². The molecule has 5 nitrogen and oxygen atoms in total. The fraction of sp³-hybridized carbons (Fsp3) is 0.429. The van der Waals surface area contributed by atoms with E-state index in [4.69, 9.17) is 10.8 Å². The second-order valence-corrected chi connectivity index (χ2v) is 5.08. The van der Waals surface area contributed by atoms with E-state index in [1.165, 1.54) is 0 Å². The second kappa shape index (κ2) is 5.30. The molecule has 2 atom stereocenters. The number of carbonyl (C=O) groups is 2. The van der Waals surface area contributed by atoms with Crippen LogP contribution in [-0.2, 0) is 4.79 Å². The third kappa shape index (κ3) is 3.05. The van der Waals surface area contributed by atoms with Gasteiger partial charge in [-0.25, -0.2) is 0 Å². The van der Waals surface area contributed by atoms with Crippen LogP contribution in [0.2, 0.25) is 0 Å². The van der Waals surface area contributed by atoms with Gasteiger partial charge in [-0.1, -0.05) is 0 Å². The van der Waals surface area contributed by atoms with Crippen LogP contribution in [0, 0.1) is 12.8 Å². The van der Waals surface area contributed by atoms with Gasteiger partial charge in [-0.3, -0.25) is 9.59 Å². The van der Waals surface area contributed by atoms with Crippen molar-refractivity contribution in [2.24, 2.45) is 11.7 Å². The van der Waals surface area contributed by atoms with E-state index in [2.05, 4.69) is 5.32 Å². The summed E-state index contributed by atoms with van der Waals surface area (Å²) in [6.07, 6.45) is 2.21. The summed E-state index contributed by atoms with van der Waals surface area (Å²) in [5.74, 6) is -1.40. The summed E-state index contributed by atoms with van der Waals surface area (Å²) in [5, 5.41) is 12.3. The Morgan fingerprint density at radius 1 is 1.37 bits per heavy atom. The SMILES string of the molecule is Cc1cc(NC2CCC(C(=O)O)C2)ccc1C(N)=O. The van der Waals surface area contributed by atoms with E-state index in [1.54, 1.807) is 12.1 Å². The maximum atomic E-state index is 11.1. The fourth-order valence-corrected chi connectivity index (χ4v) is 2.60. The van der Waals surface area contributed by atoms with Crippen LogP contribution < -0.4 is 11.1 Å². The summed E-state index contributed by atoms with van der Waals surface area (Å²) >= 11 is 0. The minimum absolute atomic E-state index is 0.180. The molecule has 2 unspecified atom stereocenters. The smallest absolute Gasteiger partial charge is 0.306 e. The number of amides is 1. The van der Waals surface area contributed by atoms with E-state index >= 15 is 0 Å². The zero-order chi connectivity index (χ0) is 14.0. The van der Waals surface area contributed by atoms with Gasteiger partial charge >= 0.3 is 5.97 Å². The number of carboxylic acid groups (broad SMARTS) is 1. The Morgan fingerprint density at radius 2 is 2.11 bits per heavy atom. The molecule has 2 rings (SSSR count). The van der Waals surface area contributed by atoms with Crippen LogP contribution in [0.25, 0.3) is 0 Å².